The predicted molar refractivity (Wildman–Crippen MR) is 132 cm³/mol. The SMILES string of the molecule is CC(=O)c1ccc(NC(=O)CC2CSc3nc4c(cnn4-c4ccc(C)c(C)c4)c(=O)n32)cc1. The lowest BCUT2D eigenvalue weighted by Crippen LogP contribution is -2.27. The van der Waals surface area contributed by atoms with Gasteiger partial charge in [0.2, 0.25) is 5.91 Å². The van der Waals surface area contributed by atoms with Crippen molar-refractivity contribution in [3.63, 3.8) is 0 Å². The highest BCUT2D eigenvalue weighted by Gasteiger charge is 2.29. The second kappa shape index (κ2) is 8.57. The largest absolute Gasteiger partial charge is 0.326 e. The van der Waals surface area contributed by atoms with Crippen molar-refractivity contribution in [3.05, 3.63) is 75.7 Å². The third kappa shape index (κ3) is 3.92. The number of aromatic nitrogens is 4. The first-order chi connectivity index (χ1) is 16.3. The summed E-state index contributed by atoms with van der Waals surface area (Å²) >= 11 is 1.46. The number of thioether (sulfide) groups is 1. The van der Waals surface area contributed by atoms with Crippen LogP contribution in [0, 0.1) is 13.8 Å². The average molecular weight is 474 g/mol. The number of benzene rings is 2. The summed E-state index contributed by atoms with van der Waals surface area (Å²) < 4.78 is 3.30. The highest BCUT2D eigenvalue weighted by molar-refractivity contribution is 7.99. The van der Waals surface area contributed by atoms with Crippen LogP contribution in [0.15, 0.2) is 58.6 Å². The number of hydrogen-bond acceptors (Lipinski definition) is 6. The van der Waals surface area contributed by atoms with Crippen LogP contribution in [0.4, 0.5) is 5.69 Å². The lowest BCUT2D eigenvalue weighted by molar-refractivity contribution is -0.116. The summed E-state index contributed by atoms with van der Waals surface area (Å²) in [6, 6.07) is 12.5. The molecule has 9 heteroatoms. The van der Waals surface area contributed by atoms with Crippen LogP contribution in [0.3, 0.4) is 0 Å². The molecule has 1 N–H and O–H groups in total. The Balaban J connectivity index is 1.40. The van der Waals surface area contributed by atoms with Gasteiger partial charge in [0.1, 0.15) is 5.39 Å². The number of nitrogens with zero attached hydrogens (tertiary/aromatic N) is 4. The average Bonchev–Trinajstić information content (AvgIpc) is 3.41. The van der Waals surface area contributed by atoms with E-state index in [-0.39, 0.29) is 29.7 Å². The minimum absolute atomic E-state index is 0.0310. The van der Waals surface area contributed by atoms with E-state index in [0.29, 0.717) is 33.2 Å². The Bertz CT molecular complexity index is 1500. The molecule has 3 heterocycles. The number of aryl methyl sites for hydroxylation is 2. The van der Waals surface area contributed by atoms with E-state index in [1.165, 1.54) is 24.2 Å². The van der Waals surface area contributed by atoms with Crippen LogP contribution in [0.5, 0.6) is 0 Å². The van der Waals surface area contributed by atoms with Crippen LogP contribution in [0.25, 0.3) is 16.7 Å². The van der Waals surface area contributed by atoms with Crippen molar-refractivity contribution < 1.29 is 9.59 Å². The van der Waals surface area contributed by atoms with E-state index in [4.69, 9.17) is 4.98 Å². The first kappa shape index (κ1) is 22.1. The van der Waals surface area contributed by atoms with Crippen molar-refractivity contribution in [3.8, 4) is 5.69 Å². The van der Waals surface area contributed by atoms with Gasteiger partial charge >= 0.3 is 0 Å². The van der Waals surface area contributed by atoms with Crippen LogP contribution in [-0.2, 0) is 4.79 Å². The van der Waals surface area contributed by atoms with Gasteiger partial charge in [-0.1, -0.05) is 17.8 Å². The molecule has 1 aliphatic rings. The number of carbonyl (C=O) groups is 2. The topological polar surface area (TPSA) is 98.9 Å². The minimum Gasteiger partial charge on any atom is -0.326 e. The van der Waals surface area contributed by atoms with Gasteiger partial charge in [0.25, 0.3) is 5.56 Å². The van der Waals surface area contributed by atoms with Gasteiger partial charge in [-0.25, -0.2) is 9.67 Å². The highest BCUT2D eigenvalue weighted by atomic mass is 32.2. The first-order valence-electron chi connectivity index (χ1n) is 10.9. The molecule has 2 aromatic heterocycles. The maximum absolute atomic E-state index is 13.3. The lowest BCUT2D eigenvalue weighted by atomic mass is 10.1. The standard InChI is InChI=1S/C25H23N5O3S/c1-14-4-9-19(10-15(14)2)30-23-21(12-26-30)24(33)29-20(13-34-25(29)28-23)11-22(32)27-18-7-5-17(6-8-18)16(3)31/h4-10,12,20H,11,13H2,1-3H3,(H,27,32). The van der Waals surface area contributed by atoms with Crippen LogP contribution < -0.4 is 10.9 Å². The van der Waals surface area contributed by atoms with Crippen LogP contribution in [0.1, 0.15) is 40.9 Å². The molecule has 0 spiro atoms. The van der Waals surface area contributed by atoms with E-state index in [9.17, 15) is 14.4 Å². The predicted octanol–water partition coefficient (Wildman–Crippen LogP) is 4.08. The molecular formula is C25H23N5O3S. The third-order valence-electron chi connectivity index (χ3n) is 6.10. The molecule has 8 nitrogen and oxygen atoms in total. The maximum atomic E-state index is 13.3. The normalized spacial score (nSPS) is 14.9. The number of Topliss-reactive ketones (excluding diaryl/α,β-unsaturated/α-hetero) is 1. The van der Waals surface area contributed by atoms with Gasteiger partial charge in [-0.05, 0) is 68.3 Å². The number of amides is 1. The summed E-state index contributed by atoms with van der Waals surface area (Å²) in [5.41, 5.74) is 4.69. The fraction of sp³-hybridized carbons (Fsp3) is 0.240. The van der Waals surface area contributed by atoms with Crippen molar-refractivity contribution in [2.24, 2.45) is 0 Å². The van der Waals surface area contributed by atoms with Crippen molar-refractivity contribution in [2.75, 3.05) is 11.1 Å². The minimum atomic E-state index is -0.300. The molecular weight excluding hydrogens is 450 g/mol. The Labute approximate surface area is 200 Å². The zero-order valence-electron chi connectivity index (χ0n) is 19.0. The molecule has 34 heavy (non-hydrogen) atoms. The number of carbonyl (C=O) groups excluding carboxylic acids is 2. The fourth-order valence-corrected chi connectivity index (χ4v) is 5.17. The summed E-state index contributed by atoms with van der Waals surface area (Å²) in [5, 5.41) is 8.29. The molecule has 0 radical (unpaired) electrons. The molecule has 0 saturated heterocycles. The summed E-state index contributed by atoms with van der Waals surface area (Å²) in [6.07, 6.45) is 1.69. The molecule has 1 unspecified atom stereocenters. The molecule has 0 bridgehead atoms. The zero-order chi connectivity index (χ0) is 24.0. The second-order valence-corrected chi connectivity index (χ2v) is 9.47. The number of nitrogens with one attached hydrogen (secondary N) is 1. The molecule has 172 valence electrons. The number of fused-ring (bicyclic) bond motifs is 2. The molecule has 1 atom stereocenters. The quantitative estimate of drug-likeness (QED) is 0.346. The maximum Gasteiger partial charge on any atom is 0.265 e. The number of anilines is 1. The Morgan fingerprint density at radius 2 is 1.88 bits per heavy atom. The van der Waals surface area contributed by atoms with Crippen molar-refractivity contribution >= 4 is 40.2 Å². The van der Waals surface area contributed by atoms with E-state index in [0.717, 1.165) is 11.3 Å². The molecule has 4 aromatic rings. The summed E-state index contributed by atoms with van der Waals surface area (Å²) in [7, 11) is 0. The fourth-order valence-electron chi connectivity index (χ4n) is 4.04. The van der Waals surface area contributed by atoms with Gasteiger partial charge in [0.15, 0.2) is 16.6 Å². The van der Waals surface area contributed by atoms with Gasteiger partial charge in [0.05, 0.1) is 17.9 Å². The molecule has 0 aliphatic carbocycles. The summed E-state index contributed by atoms with van der Waals surface area (Å²) in [5.74, 6) is 0.353. The summed E-state index contributed by atoms with van der Waals surface area (Å²) in [4.78, 5) is 42.2. The van der Waals surface area contributed by atoms with Gasteiger partial charge in [-0.3, -0.25) is 19.0 Å². The Kier molecular flexibility index (Phi) is 5.57. The lowest BCUT2D eigenvalue weighted by Gasteiger charge is -2.14. The monoisotopic (exact) mass is 473 g/mol. The van der Waals surface area contributed by atoms with E-state index in [1.807, 2.05) is 32.0 Å². The summed E-state index contributed by atoms with van der Waals surface area (Å²) in [6.45, 7) is 5.58. The van der Waals surface area contributed by atoms with E-state index in [1.54, 1.807) is 39.7 Å². The van der Waals surface area contributed by atoms with Gasteiger partial charge in [-0.2, -0.15) is 5.10 Å². The van der Waals surface area contributed by atoms with Crippen molar-refractivity contribution in [1.29, 1.82) is 0 Å². The highest BCUT2D eigenvalue weighted by Crippen LogP contribution is 2.33. The van der Waals surface area contributed by atoms with E-state index < -0.39 is 0 Å². The van der Waals surface area contributed by atoms with Crippen LogP contribution in [0.2, 0.25) is 0 Å². The van der Waals surface area contributed by atoms with Crippen molar-refractivity contribution in [1.82, 2.24) is 19.3 Å². The van der Waals surface area contributed by atoms with E-state index >= 15 is 0 Å². The second-order valence-electron chi connectivity index (χ2n) is 8.48. The molecule has 0 saturated carbocycles. The third-order valence-corrected chi connectivity index (χ3v) is 7.20. The van der Waals surface area contributed by atoms with Gasteiger partial charge in [0, 0.05) is 23.4 Å². The Morgan fingerprint density at radius 1 is 1.12 bits per heavy atom. The first-order valence-corrected chi connectivity index (χ1v) is 11.9. The van der Waals surface area contributed by atoms with E-state index in [2.05, 4.69) is 10.4 Å². The molecule has 1 amide bonds. The number of rotatable bonds is 5. The molecule has 1 aliphatic heterocycles. The van der Waals surface area contributed by atoms with Crippen LogP contribution >= 0.6 is 11.8 Å². The zero-order valence-corrected chi connectivity index (χ0v) is 19.8. The molecule has 0 fully saturated rings. The number of hydrogen-bond donors (Lipinski definition) is 1. The Hall–Kier alpha value is -3.72. The molecule has 5 rings (SSSR count). The Morgan fingerprint density at radius 3 is 2.59 bits per heavy atom. The van der Waals surface area contributed by atoms with Gasteiger partial charge in [-0.15, -0.1) is 0 Å². The van der Waals surface area contributed by atoms with Crippen LogP contribution in [-0.4, -0.2) is 36.8 Å². The smallest absolute Gasteiger partial charge is 0.265 e. The number of ketones is 1. The molecule has 2 aromatic carbocycles. The van der Waals surface area contributed by atoms with Gasteiger partial charge < -0.3 is 5.32 Å². The van der Waals surface area contributed by atoms with Crippen molar-refractivity contribution in [2.45, 2.75) is 38.4 Å².